The van der Waals surface area contributed by atoms with Crippen LogP contribution in [0, 0.1) is 22.7 Å². The second-order valence-electron chi connectivity index (χ2n) is 12.7. The Morgan fingerprint density at radius 2 is 1.59 bits per heavy atom. The molecule has 238 valence electrons. The Balaban J connectivity index is 1.34. The van der Waals surface area contributed by atoms with Crippen LogP contribution >= 0.6 is 0 Å². The summed E-state index contributed by atoms with van der Waals surface area (Å²) < 4.78 is 11.1. The topological polar surface area (TPSA) is 76.4 Å². The minimum atomic E-state index is -0.457. The predicted octanol–water partition coefficient (Wildman–Crippen LogP) is 9.66. The van der Waals surface area contributed by atoms with Crippen LogP contribution < -0.4 is 4.74 Å². The van der Waals surface area contributed by atoms with E-state index in [2.05, 4.69) is 42.5 Å². The number of carbonyl (C=O) groups excluding carboxylic acids is 2. The Hall–Kier alpha value is -4.43. The number of carbonyl (C=O) groups is 2. The molecule has 5 heteroatoms. The number of esters is 1. The monoisotopic (exact) mass is 615 g/mol. The van der Waals surface area contributed by atoms with Gasteiger partial charge < -0.3 is 9.47 Å². The number of hydrogen-bond donors (Lipinski definition) is 0. The fraction of sp³-hybridized carbons (Fsp3) is 0.390. The van der Waals surface area contributed by atoms with E-state index in [1.807, 2.05) is 42.5 Å². The predicted molar refractivity (Wildman–Crippen MR) is 183 cm³/mol. The Labute approximate surface area is 273 Å². The summed E-state index contributed by atoms with van der Waals surface area (Å²) in [5.41, 5.74) is 6.98. The fourth-order valence-electron chi connectivity index (χ4n) is 7.51. The largest absolute Gasteiger partial charge is 0.488 e. The normalized spacial score (nSPS) is 18.7. The number of para-hydroxylation sites is 1. The molecule has 2 aliphatic carbocycles. The number of nitriles is 1. The van der Waals surface area contributed by atoms with E-state index in [1.54, 1.807) is 0 Å². The van der Waals surface area contributed by atoms with Crippen molar-refractivity contribution < 1.29 is 19.1 Å². The van der Waals surface area contributed by atoms with Crippen molar-refractivity contribution in [3.63, 3.8) is 0 Å². The molecule has 0 N–H and O–H groups in total. The highest BCUT2D eigenvalue weighted by Gasteiger charge is 2.57. The molecule has 0 spiro atoms. The number of rotatable bonds is 16. The van der Waals surface area contributed by atoms with Crippen LogP contribution in [0.1, 0.15) is 99.3 Å². The molecule has 46 heavy (non-hydrogen) atoms. The van der Waals surface area contributed by atoms with Crippen LogP contribution in [0.15, 0.2) is 91.0 Å². The van der Waals surface area contributed by atoms with E-state index in [9.17, 15) is 9.59 Å². The third-order valence-electron chi connectivity index (χ3n) is 9.88. The average Bonchev–Trinajstić information content (AvgIpc) is 3.60. The van der Waals surface area contributed by atoms with Crippen molar-refractivity contribution in [1.29, 1.82) is 5.26 Å². The third-order valence-corrected chi connectivity index (χ3v) is 9.88. The summed E-state index contributed by atoms with van der Waals surface area (Å²) in [7, 11) is 1.44. The molecule has 0 bridgehead atoms. The zero-order valence-corrected chi connectivity index (χ0v) is 27.1. The van der Waals surface area contributed by atoms with E-state index in [-0.39, 0.29) is 11.9 Å². The zero-order chi connectivity index (χ0) is 32.4. The number of hydrogen-bond acceptors (Lipinski definition) is 5. The van der Waals surface area contributed by atoms with Crippen molar-refractivity contribution in [3.05, 3.63) is 113 Å². The molecule has 0 aromatic heterocycles. The van der Waals surface area contributed by atoms with E-state index in [1.165, 1.54) is 36.7 Å². The lowest BCUT2D eigenvalue weighted by molar-refractivity contribution is -0.140. The maximum absolute atomic E-state index is 13.6. The summed E-state index contributed by atoms with van der Waals surface area (Å²) in [6.07, 6.45) is 11.3. The average molecular weight is 616 g/mol. The fourth-order valence-corrected chi connectivity index (χ4v) is 7.51. The van der Waals surface area contributed by atoms with Crippen molar-refractivity contribution in [1.82, 2.24) is 0 Å². The highest BCUT2D eigenvalue weighted by Crippen LogP contribution is 2.65. The number of methoxy groups -OCH3 is 1. The summed E-state index contributed by atoms with van der Waals surface area (Å²) in [4.78, 5) is 24.9. The number of fused-ring (bicyclic) bond motifs is 1. The number of ether oxygens (including phenoxy) is 2. The maximum Gasteiger partial charge on any atom is 0.305 e. The van der Waals surface area contributed by atoms with Gasteiger partial charge in [-0.25, -0.2) is 0 Å². The first-order valence-corrected chi connectivity index (χ1v) is 16.8. The van der Waals surface area contributed by atoms with Gasteiger partial charge in [-0.05, 0) is 72.6 Å². The minimum absolute atomic E-state index is 0.105. The van der Waals surface area contributed by atoms with Gasteiger partial charge in [0, 0.05) is 29.7 Å². The molecule has 3 aromatic rings. The van der Waals surface area contributed by atoms with Crippen LogP contribution in [0.5, 0.6) is 5.75 Å². The molecule has 5 nitrogen and oxygen atoms in total. The van der Waals surface area contributed by atoms with Crippen molar-refractivity contribution in [2.24, 2.45) is 11.3 Å². The standard InChI is InChI=1S/C41H45NO4/c1-30(35-18-13-14-19-38(35)46-29-32-23-21-31(28-42)22-24-32)41-26-25-37(43)36(41)27-34(40(41)33-15-10-8-11-16-33)17-9-6-4-3-5-7-12-20-39(44)45-2/h8,10-11,13-16,18-19,21-24,36H,1,3-7,9,12,17,20,25-27,29H2,2H3. The molecule has 2 aliphatic rings. The summed E-state index contributed by atoms with van der Waals surface area (Å²) in [5.74, 6) is 0.873. The second kappa shape index (κ2) is 15.7. The van der Waals surface area contributed by atoms with Gasteiger partial charge >= 0.3 is 5.97 Å². The lowest BCUT2D eigenvalue weighted by atomic mass is 9.66. The Kier molecular flexibility index (Phi) is 11.3. The van der Waals surface area contributed by atoms with Gasteiger partial charge in [-0.15, -0.1) is 0 Å². The van der Waals surface area contributed by atoms with Gasteiger partial charge in [0.1, 0.15) is 18.1 Å². The van der Waals surface area contributed by atoms with Gasteiger partial charge in [0.2, 0.25) is 0 Å². The molecule has 0 heterocycles. The molecule has 0 aliphatic heterocycles. The van der Waals surface area contributed by atoms with Crippen LogP contribution in [0.2, 0.25) is 0 Å². The van der Waals surface area contributed by atoms with Gasteiger partial charge in [0.05, 0.1) is 18.7 Å². The van der Waals surface area contributed by atoms with Gasteiger partial charge in [-0.1, -0.05) is 105 Å². The van der Waals surface area contributed by atoms with Crippen LogP contribution in [0.25, 0.3) is 11.1 Å². The Morgan fingerprint density at radius 3 is 2.30 bits per heavy atom. The Morgan fingerprint density at radius 1 is 0.913 bits per heavy atom. The number of ketones is 1. The first kappa shape index (κ1) is 32.9. The molecule has 5 rings (SSSR count). The van der Waals surface area contributed by atoms with E-state index in [4.69, 9.17) is 21.3 Å². The van der Waals surface area contributed by atoms with Crippen molar-refractivity contribution in [2.75, 3.05) is 7.11 Å². The quantitative estimate of drug-likeness (QED) is 0.118. The molecule has 0 saturated heterocycles. The number of Topliss-reactive ketones (excluding diaryl/α,β-unsaturated/α-hetero) is 1. The number of benzene rings is 3. The SMILES string of the molecule is C=C(c1ccccc1OCc1ccc(C#N)cc1)C12CCC(=O)C1CC(CCCCCCCCCC(=O)OC)=C2c1ccccc1. The molecule has 2 atom stereocenters. The van der Waals surface area contributed by atoms with Gasteiger partial charge in [-0.3, -0.25) is 9.59 Å². The van der Waals surface area contributed by atoms with Crippen molar-refractivity contribution in [3.8, 4) is 11.8 Å². The van der Waals surface area contributed by atoms with E-state index >= 15 is 0 Å². The third kappa shape index (κ3) is 7.34. The molecule has 0 amide bonds. The van der Waals surface area contributed by atoms with Crippen LogP contribution in [-0.4, -0.2) is 18.9 Å². The first-order valence-electron chi connectivity index (χ1n) is 16.8. The molecular weight excluding hydrogens is 570 g/mol. The lowest BCUT2D eigenvalue weighted by Crippen LogP contribution is -2.27. The van der Waals surface area contributed by atoms with Crippen LogP contribution in [0.4, 0.5) is 0 Å². The van der Waals surface area contributed by atoms with Crippen LogP contribution in [-0.2, 0) is 20.9 Å². The maximum atomic E-state index is 13.6. The van der Waals surface area contributed by atoms with E-state index in [0.717, 1.165) is 73.8 Å². The summed E-state index contributed by atoms with van der Waals surface area (Å²) in [5, 5.41) is 9.15. The number of unbranched alkanes of at least 4 members (excludes halogenated alkanes) is 6. The smallest absolute Gasteiger partial charge is 0.305 e. The Bertz CT molecular complexity index is 1600. The van der Waals surface area contributed by atoms with Crippen molar-refractivity contribution >= 4 is 22.9 Å². The van der Waals surface area contributed by atoms with E-state index < -0.39 is 5.41 Å². The lowest BCUT2D eigenvalue weighted by Gasteiger charge is -2.36. The van der Waals surface area contributed by atoms with Gasteiger partial charge in [0.15, 0.2) is 0 Å². The van der Waals surface area contributed by atoms with Gasteiger partial charge in [-0.2, -0.15) is 5.26 Å². The molecule has 3 aromatic carbocycles. The highest BCUT2D eigenvalue weighted by molar-refractivity contribution is 6.01. The zero-order valence-electron chi connectivity index (χ0n) is 27.1. The molecule has 1 fully saturated rings. The summed E-state index contributed by atoms with van der Waals surface area (Å²) >= 11 is 0. The number of nitrogens with zero attached hydrogens (tertiary/aromatic N) is 1. The molecule has 2 unspecified atom stereocenters. The van der Waals surface area contributed by atoms with Crippen molar-refractivity contribution in [2.45, 2.75) is 83.7 Å². The first-order chi connectivity index (χ1) is 22.5. The van der Waals surface area contributed by atoms with E-state index in [0.29, 0.717) is 30.8 Å². The highest BCUT2D eigenvalue weighted by atomic mass is 16.5. The summed E-state index contributed by atoms with van der Waals surface area (Å²) in [6.45, 7) is 5.13. The number of allylic oxidation sites excluding steroid dienone is 3. The van der Waals surface area contributed by atoms with Crippen LogP contribution in [0.3, 0.4) is 0 Å². The summed E-state index contributed by atoms with van der Waals surface area (Å²) in [6, 6.07) is 28.3. The second-order valence-corrected chi connectivity index (χ2v) is 12.7. The molecule has 0 radical (unpaired) electrons. The molecule has 1 saturated carbocycles. The molecular formula is C41H45NO4. The van der Waals surface area contributed by atoms with Gasteiger partial charge in [0.25, 0.3) is 0 Å². The minimum Gasteiger partial charge on any atom is -0.488 e.